The van der Waals surface area contributed by atoms with Crippen molar-refractivity contribution in [1.29, 1.82) is 0 Å². The average Bonchev–Trinajstić information content (AvgIpc) is 2.46. The zero-order valence-corrected chi connectivity index (χ0v) is 11.1. The summed E-state index contributed by atoms with van der Waals surface area (Å²) >= 11 is 0. The molecule has 0 bridgehead atoms. The van der Waals surface area contributed by atoms with E-state index in [0.717, 1.165) is 12.8 Å². The number of halogens is 1. The molecule has 0 aliphatic carbocycles. The number of rotatable bonds is 3. The first-order chi connectivity index (χ1) is 9.56. The molecule has 5 nitrogen and oxygen atoms in total. The Labute approximate surface area is 116 Å². The Morgan fingerprint density at radius 2 is 2.15 bits per heavy atom. The highest BCUT2D eigenvalue weighted by atomic mass is 19.1. The molecule has 6 heteroatoms. The van der Waals surface area contributed by atoms with E-state index in [1.165, 1.54) is 30.2 Å². The summed E-state index contributed by atoms with van der Waals surface area (Å²) in [4.78, 5) is 24.8. The molecule has 1 N–H and O–H groups in total. The van der Waals surface area contributed by atoms with Gasteiger partial charge in [-0.3, -0.25) is 4.79 Å². The van der Waals surface area contributed by atoms with Gasteiger partial charge in [-0.2, -0.15) is 0 Å². The highest BCUT2D eigenvalue weighted by molar-refractivity contribution is 5.97. The number of ether oxygens (including phenoxy) is 1. The van der Waals surface area contributed by atoms with Crippen LogP contribution in [0.2, 0.25) is 0 Å². The number of likely N-dealkylation sites (tertiary alicyclic amines) is 1. The maximum absolute atomic E-state index is 14.1. The van der Waals surface area contributed by atoms with Crippen LogP contribution in [-0.2, 0) is 4.79 Å². The van der Waals surface area contributed by atoms with Gasteiger partial charge in [-0.15, -0.1) is 0 Å². The summed E-state index contributed by atoms with van der Waals surface area (Å²) < 4.78 is 18.9. The molecular weight excluding hydrogens is 265 g/mol. The normalized spacial score (nSPS) is 18.7. The van der Waals surface area contributed by atoms with Gasteiger partial charge in [0.2, 0.25) is 0 Å². The fourth-order valence-electron chi connectivity index (χ4n) is 2.42. The summed E-state index contributed by atoms with van der Waals surface area (Å²) in [6.07, 6.45) is 1.87. The van der Waals surface area contributed by atoms with Gasteiger partial charge in [0, 0.05) is 6.54 Å². The number of carboxylic acid groups (broad SMARTS) is 1. The molecule has 1 heterocycles. The van der Waals surface area contributed by atoms with Crippen molar-refractivity contribution in [3.8, 4) is 5.75 Å². The predicted octanol–water partition coefficient (Wildman–Crippen LogP) is 1.91. The van der Waals surface area contributed by atoms with Crippen LogP contribution in [0.3, 0.4) is 0 Å². The Hall–Kier alpha value is -2.11. The molecule has 0 saturated carbocycles. The average molecular weight is 281 g/mol. The largest absolute Gasteiger partial charge is 0.494 e. The van der Waals surface area contributed by atoms with E-state index in [9.17, 15) is 14.0 Å². The molecule has 1 aromatic carbocycles. The fraction of sp³-hybridized carbons (Fsp3) is 0.429. The van der Waals surface area contributed by atoms with Crippen molar-refractivity contribution in [2.45, 2.75) is 25.3 Å². The number of carboxylic acids is 1. The van der Waals surface area contributed by atoms with Crippen LogP contribution in [0.4, 0.5) is 4.39 Å². The number of nitrogens with zero attached hydrogens (tertiary/aromatic N) is 1. The first kappa shape index (κ1) is 14.3. The number of amides is 1. The Morgan fingerprint density at radius 3 is 2.80 bits per heavy atom. The molecule has 1 aliphatic heterocycles. The number of hydrogen-bond acceptors (Lipinski definition) is 3. The lowest BCUT2D eigenvalue weighted by Crippen LogP contribution is -2.48. The minimum absolute atomic E-state index is 0.0280. The predicted molar refractivity (Wildman–Crippen MR) is 69.3 cm³/mol. The number of benzene rings is 1. The Bertz CT molecular complexity index is 532. The molecule has 1 saturated heterocycles. The topological polar surface area (TPSA) is 66.8 Å². The summed E-state index contributed by atoms with van der Waals surface area (Å²) in [7, 11) is 1.31. The van der Waals surface area contributed by atoms with Gasteiger partial charge in [0.15, 0.2) is 11.6 Å². The van der Waals surface area contributed by atoms with Gasteiger partial charge in [0.1, 0.15) is 6.04 Å². The van der Waals surface area contributed by atoms with E-state index in [-0.39, 0.29) is 11.3 Å². The molecule has 0 radical (unpaired) electrons. The van der Waals surface area contributed by atoms with Crippen molar-refractivity contribution in [3.05, 3.63) is 29.6 Å². The summed E-state index contributed by atoms with van der Waals surface area (Å²) in [6, 6.07) is 3.38. The van der Waals surface area contributed by atoms with E-state index < -0.39 is 23.7 Å². The molecule has 0 unspecified atom stereocenters. The van der Waals surface area contributed by atoms with E-state index in [2.05, 4.69) is 0 Å². The number of piperidine rings is 1. The second-order valence-electron chi connectivity index (χ2n) is 4.67. The molecular formula is C14H16FNO4. The van der Waals surface area contributed by atoms with Crippen LogP contribution in [0.15, 0.2) is 18.2 Å². The van der Waals surface area contributed by atoms with Crippen LogP contribution in [-0.4, -0.2) is 41.6 Å². The van der Waals surface area contributed by atoms with Crippen molar-refractivity contribution in [2.24, 2.45) is 0 Å². The third kappa shape index (κ3) is 2.59. The number of hydrogen-bond donors (Lipinski definition) is 1. The van der Waals surface area contributed by atoms with Crippen molar-refractivity contribution in [1.82, 2.24) is 4.90 Å². The van der Waals surface area contributed by atoms with Crippen LogP contribution in [0.1, 0.15) is 29.6 Å². The van der Waals surface area contributed by atoms with Crippen LogP contribution >= 0.6 is 0 Å². The lowest BCUT2D eigenvalue weighted by Gasteiger charge is -2.33. The maximum atomic E-state index is 14.1. The van der Waals surface area contributed by atoms with Gasteiger partial charge in [0.25, 0.3) is 5.91 Å². The highest BCUT2D eigenvalue weighted by Gasteiger charge is 2.33. The van der Waals surface area contributed by atoms with Crippen molar-refractivity contribution < 1.29 is 23.8 Å². The molecule has 1 atom stereocenters. The van der Waals surface area contributed by atoms with Gasteiger partial charge < -0.3 is 14.7 Å². The molecule has 0 spiro atoms. The number of carbonyl (C=O) groups excluding carboxylic acids is 1. The SMILES string of the molecule is COc1cccc(C(=O)N2CCCC[C@@H]2C(=O)O)c1F. The van der Waals surface area contributed by atoms with Crippen LogP contribution < -0.4 is 4.74 Å². The monoisotopic (exact) mass is 281 g/mol. The minimum Gasteiger partial charge on any atom is -0.494 e. The first-order valence-electron chi connectivity index (χ1n) is 6.42. The standard InChI is InChI=1S/C14H16FNO4/c1-20-11-7-4-5-9(12(11)15)13(17)16-8-3-2-6-10(16)14(18)19/h4-5,7,10H,2-3,6,8H2,1H3,(H,18,19)/t10-/m1/s1. The minimum atomic E-state index is -1.05. The molecule has 0 aromatic heterocycles. The second-order valence-corrected chi connectivity index (χ2v) is 4.67. The van der Waals surface area contributed by atoms with E-state index in [1.54, 1.807) is 0 Å². The summed E-state index contributed by atoms with van der Waals surface area (Å²) in [5.74, 6) is -2.44. The van der Waals surface area contributed by atoms with Gasteiger partial charge >= 0.3 is 5.97 Å². The molecule has 108 valence electrons. The molecule has 1 aromatic rings. The Kier molecular flexibility index (Phi) is 4.22. The first-order valence-corrected chi connectivity index (χ1v) is 6.42. The number of aliphatic carboxylic acids is 1. The fourth-order valence-corrected chi connectivity index (χ4v) is 2.42. The van der Waals surface area contributed by atoms with Gasteiger partial charge in [-0.05, 0) is 31.4 Å². The lowest BCUT2D eigenvalue weighted by molar-refractivity contribution is -0.143. The maximum Gasteiger partial charge on any atom is 0.326 e. The smallest absolute Gasteiger partial charge is 0.326 e. The highest BCUT2D eigenvalue weighted by Crippen LogP contribution is 2.25. The van der Waals surface area contributed by atoms with E-state index in [4.69, 9.17) is 9.84 Å². The molecule has 1 fully saturated rings. The lowest BCUT2D eigenvalue weighted by atomic mass is 10.0. The van der Waals surface area contributed by atoms with Gasteiger partial charge in [-0.1, -0.05) is 6.07 Å². The summed E-state index contributed by atoms with van der Waals surface area (Å²) in [6.45, 7) is 0.326. The van der Waals surface area contributed by atoms with Crippen LogP contribution in [0, 0.1) is 5.82 Å². The zero-order chi connectivity index (χ0) is 14.7. The quantitative estimate of drug-likeness (QED) is 0.919. The number of carbonyl (C=O) groups is 2. The molecule has 20 heavy (non-hydrogen) atoms. The van der Waals surface area contributed by atoms with Crippen LogP contribution in [0.5, 0.6) is 5.75 Å². The summed E-state index contributed by atoms with van der Waals surface area (Å²) in [5.41, 5.74) is -0.155. The molecule has 2 rings (SSSR count). The van der Waals surface area contributed by atoms with Crippen molar-refractivity contribution in [2.75, 3.05) is 13.7 Å². The van der Waals surface area contributed by atoms with E-state index in [1.807, 2.05) is 0 Å². The second kappa shape index (κ2) is 5.90. The molecule has 1 amide bonds. The number of methoxy groups -OCH3 is 1. The van der Waals surface area contributed by atoms with Crippen LogP contribution in [0.25, 0.3) is 0 Å². The van der Waals surface area contributed by atoms with E-state index >= 15 is 0 Å². The van der Waals surface area contributed by atoms with Crippen molar-refractivity contribution >= 4 is 11.9 Å². The van der Waals surface area contributed by atoms with Gasteiger partial charge in [0.05, 0.1) is 12.7 Å². The Morgan fingerprint density at radius 1 is 1.40 bits per heavy atom. The van der Waals surface area contributed by atoms with Crippen molar-refractivity contribution in [3.63, 3.8) is 0 Å². The van der Waals surface area contributed by atoms with E-state index in [0.29, 0.717) is 13.0 Å². The van der Waals surface area contributed by atoms with Gasteiger partial charge in [-0.25, -0.2) is 9.18 Å². The third-order valence-corrected chi connectivity index (χ3v) is 3.46. The Balaban J connectivity index is 2.32. The molecule has 1 aliphatic rings. The zero-order valence-electron chi connectivity index (χ0n) is 11.1. The summed E-state index contributed by atoms with van der Waals surface area (Å²) in [5, 5.41) is 9.16. The third-order valence-electron chi connectivity index (χ3n) is 3.46.